The third kappa shape index (κ3) is 2.10. The maximum absolute atomic E-state index is 12.5. The van der Waals surface area contributed by atoms with Crippen LogP contribution in [0.15, 0.2) is 18.2 Å². The zero-order valence-electron chi connectivity index (χ0n) is 11.0. The fraction of sp³-hybridized carbons (Fsp3) is 0.562. The van der Waals surface area contributed by atoms with Crippen molar-refractivity contribution in [2.45, 2.75) is 45.1 Å². The van der Waals surface area contributed by atoms with Gasteiger partial charge in [0.1, 0.15) is 0 Å². The molecule has 0 radical (unpaired) electrons. The van der Waals surface area contributed by atoms with Gasteiger partial charge in [0.25, 0.3) is 0 Å². The monoisotopic (exact) mass is 243 g/mol. The molecule has 1 aromatic rings. The molecular formula is C16H21NO. The van der Waals surface area contributed by atoms with Gasteiger partial charge in [0.2, 0.25) is 0 Å². The van der Waals surface area contributed by atoms with Crippen LogP contribution in [-0.2, 0) is 6.42 Å². The molecule has 1 fully saturated rings. The van der Waals surface area contributed by atoms with Crippen LogP contribution >= 0.6 is 0 Å². The van der Waals surface area contributed by atoms with Crippen molar-refractivity contribution in [1.82, 2.24) is 5.32 Å². The summed E-state index contributed by atoms with van der Waals surface area (Å²) >= 11 is 0. The van der Waals surface area contributed by atoms with Gasteiger partial charge < -0.3 is 5.32 Å². The van der Waals surface area contributed by atoms with Gasteiger partial charge in [0.15, 0.2) is 5.78 Å². The molecule has 1 aromatic carbocycles. The van der Waals surface area contributed by atoms with E-state index < -0.39 is 0 Å². The SMILES string of the molecule is Cc1ccc2c(c1)C(=O)C(C1CCCCCN1)C2. The van der Waals surface area contributed by atoms with Gasteiger partial charge in [-0.3, -0.25) is 4.79 Å². The van der Waals surface area contributed by atoms with E-state index in [2.05, 4.69) is 30.4 Å². The summed E-state index contributed by atoms with van der Waals surface area (Å²) in [6.45, 7) is 3.13. The van der Waals surface area contributed by atoms with E-state index in [0.717, 1.165) is 24.9 Å². The van der Waals surface area contributed by atoms with Crippen LogP contribution in [0.25, 0.3) is 0 Å². The fourth-order valence-corrected chi connectivity index (χ4v) is 3.35. The average Bonchev–Trinajstić information content (AvgIpc) is 2.59. The van der Waals surface area contributed by atoms with Crippen molar-refractivity contribution in [2.24, 2.45) is 5.92 Å². The quantitative estimate of drug-likeness (QED) is 0.821. The van der Waals surface area contributed by atoms with Crippen LogP contribution in [0.3, 0.4) is 0 Å². The van der Waals surface area contributed by atoms with Gasteiger partial charge in [-0.25, -0.2) is 0 Å². The summed E-state index contributed by atoms with van der Waals surface area (Å²) in [5.41, 5.74) is 3.42. The second kappa shape index (κ2) is 4.85. The molecule has 0 amide bonds. The van der Waals surface area contributed by atoms with Gasteiger partial charge in [0.05, 0.1) is 0 Å². The third-order valence-electron chi connectivity index (χ3n) is 4.39. The Morgan fingerprint density at radius 1 is 1.22 bits per heavy atom. The van der Waals surface area contributed by atoms with Crippen molar-refractivity contribution in [3.05, 3.63) is 34.9 Å². The van der Waals surface area contributed by atoms with Crippen LogP contribution in [-0.4, -0.2) is 18.4 Å². The summed E-state index contributed by atoms with van der Waals surface area (Å²) in [7, 11) is 0. The van der Waals surface area contributed by atoms with Gasteiger partial charge in [0, 0.05) is 17.5 Å². The zero-order valence-corrected chi connectivity index (χ0v) is 11.0. The number of hydrogen-bond donors (Lipinski definition) is 1. The molecule has 1 aliphatic carbocycles. The number of fused-ring (bicyclic) bond motifs is 1. The normalized spacial score (nSPS) is 27.9. The van der Waals surface area contributed by atoms with Gasteiger partial charge in [-0.2, -0.15) is 0 Å². The minimum absolute atomic E-state index is 0.180. The molecule has 1 heterocycles. The molecule has 1 N–H and O–H groups in total. The topological polar surface area (TPSA) is 29.1 Å². The van der Waals surface area contributed by atoms with Gasteiger partial charge in [-0.05, 0) is 44.4 Å². The van der Waals surface area contributed by atoms with Gasteiger partial charge in [-0.15, -0.1) is 0 Å². The summed E-state index contributed by atoms with van der Waals surface area (Å²) in [6, 6.07) is 6.72. The van der Waals surface area contributed by atoms with E-state index in [1.165, 1.54) is 30.4 Å². The van der Waals surface area contributed by atoms with Crippen molar-refractivity contribution >= 4 is 5.78 Å². The Kier molecular flexibility index (Phi) is 3.21. The molecule has 2 nitrogen and oxygen atoms in total. The Morgan fingerprint density at radius 2 is 2.11 bits per heavy atom. The molecule has 18 heavy (non-hydrogen) atoms. The van der Waals surface area contributed by atoms with Crippen molar-refractivity contribution in [1.29, 1.82) is 0 Å². The van der Waals surface area contributed by atoms with E-state index in [9.17, 15) is 4.79 Å². The number of benzene rings is 1. The van der Waals surface area contributed by atoms with Crippen LogP contribution in [0.4, 0.5) is 0 Å². The highest BCUT2D eigenvalue weighted by Crippen LogP contribution is 2.31. The maximum Gasteiger partial charge on any atom is 0.168 e. The van der Waals surface area contributed by atoms with Crippen LogP contribution in [0.5, 0.6) is 0 Å². The molecule has 1 aliphatic heterocycles. The second-order valence-electron chi connectivity index (χ2n) is 5.75. The van der Waals surface area contributed by atoms with Gasteiger partial charge >= 0.3 is 0 Å². The lowest BCUT2D eigenvalue weighted by Gasteiger charge is -2.21. The van der Waals surface area contributed by atoms with E-state index in [0.29, 0.717) is 11.8 Å². The number of Topliss-reactive ketones (excluding diaryl/α,β-unsaturated/α-hetero) is 1. The molecule has 2 aliphatic rings. The smallest absolute Gasteiger partial charge is 0.168 e. The molecule has 0 saturated carbocycles. The van der Waals surface area contributed by atoms with Crippen molar-refractivity contribution in [3.8, 4) is 0 Å². The van der Waals surface area contributed by atoms with Crippen molar-refractivity contribution in [3.63, 3.8) is 0 Å². The average molecular weight is 243 g/mol. The van der Waals surface area contributed by atoms with E-state index in [4.69, 9.17) is 0 Å². The molecule has 0 bridgehead atoms. The number of hydrogen-bond acceptors (Lipinski definition) is 2. The molecular weight excluding hydrogens is 222 g/mol. The zero-order chi connectivity index (χ0) is 12.5. The summed E-state index contributed by atoms with van der Waals surface area (Å²) in [5, 5.41) is 3.58. The molecule has 96 valence electrons. The second-order valence-corrected chi connectivity index (χ2v) is 5.75. The van der Waals surface area contributed by atoms with Crippen molar-refractivity contribution < 1.29 is 4.79 Å². The highest BCUT2D eigenvalue weighted by molar-refractivity contribution is 6.02. The van der Waals surface area contributed by atoms with Crippen LogP contribution in [0.2, 0.25) is 0 Å². The summed E-state index contributed by atoms with van der Waals surface area (Å²) in [4.78, 5) is 12.5. The van der Waals surface area contributed by atoms with E-state index in [1.54, 1.807) is 0 Å². The molecule has 2 unspecified atom stereocenters. The lowest BCUT2D eigenvalue weighted by Crippen LogP contribution is -2.38. The minimum atomic E-state index is 0.180. The lowest BCUT2D eigenvalue weighted by atomic mass is 9.92. The molecule has 2 atom stereocenters. The Balaban J connectivity index is 1.82. The Morgan fingerprint density at radius 3 is 3.00 bits per heavy atom. The molecule has 0 spiro atoms. The predicted octanol–water partition coefficient (Wildman–Crippen LogP) is 2.88. The lowest BCUT2D eigenvalue weighted by molar-refractivity contribution is 0.0907. The number of carbonyl (C=O) groups excluding carboxylic acids is 1. The fourth-order valence-electron chi connectivity index (χ4n) is 3.35. The third-order valence-corrected chi connectivity index (χ3v) is 4.39. The van der Waals surface area contributed by atoms with Crippen LogP contribution in [0, 0.1) is 12.8 Å². The molecule has 1 saturated heterocycles. The first-order valence-corrected chi connectivity index (χ1v) is 7.13. The highest BCUT2D eigenvalue weighted by atomic mass is 16.1. The summed E-state index contributed by atoms with van der Waals surface area (Å²) < 4.78 is 0. The predicted molar refractivity (Wildman–Crippen MR) is 73.0 cm³/mol. The maximum atomic E-state index is 12.5. The first-order valence-electron chi connectivity index (χ1n) is 7.13. The van der Waals surface area contributed by atoms with Crippen LogP contribution < -0.4 is 5.32 Å². The van der Waals surface area contributed by atoms with E-state index >= 15 is 0 Å². The summed E-state index contributed by atoms with van der Waals surface area (Å²) in [6.07, 6.45) is 5.91. The van der Waals surface area contributed by atoms with Crippen molar-refractivity contribution in [2.75, 3.05) is 6.54 Å². The first-order chi connectivity index (χ1) is 8.75. The molecule has 2 heteroatoms. The standard InChI is InChI=1S/C16H21NO/c1-11-6-7-12-10-14(16(18)13(12)9-11)15-5-3-2-4-8-17-15/h6-7,9,14-15,17H,2-5,8,10H2,1H3. The largest absolute Gasteiger partial charge is 0.313 e. The molecule has 3 rings (SSSR count). The number of ketones is 1. The summed E-state index contributed by atoms with van der Waals surface area (Å²) in [5.74, 6) is 0.549. The number of carbonyl (C=O) groups is 1. The number of nitrogens with one attached hydrogen (secondary N) is 1. The van der Waals surface area contributed by atoms with Crippen LogP contribution in [0.1, 0.15) is 47.2 Å². The van der Waals surface area contributed by atoms with E-state index in [-0.39, 0.29) is 5.92 Å². The highest BCUT2D eigenvalue weighted by Gasteiger charge is 2.36. The minimum Gasteiger partial charge on any atom is -0.313 e. The molecule has 0 aromatic heterocycles. The number of rotatable bonds is 1. The number of aryl methyl sites for hydroxylation is 1. The Bertz CT molecular complexity index is 458. The Hall–Kier alpha value is -1.15. The Labute approximate surface area is 109 Å². The van der Waals surface area contributed by atoms with E-state index in [1.807, 2.05) is 0 Å². The first kappa shape index (κ1) is 11.9. The van der Waals surface area contributed by atoms with Gasteiger partial charge in [-0.1, -0.05) is 30.5 Å².